The average Bonchev–Trinajstić information content (AvgIpc) is 2.88. The molecule has 0 bridgehead atoms. The second-order valence-corrected chi connectivity index (χ2v) is 8.93. The number of hydrogen-bond donors (Lipinski definition) is 0. The number of pyridine rings is 1. The van der Waals surface area contributed by atoms with Crippen molar-refractivity contribution in [3.05, 3.63) is 23.7 Å². The zero-order valence-corrected chi connectivity index (χ0v) is 14.0. The van der Waals surface area contributed by atoms with Gasteiger partial charge in [-0.15, -0.1) is 11.3 Å². The van der Waals surface area contributed by atoms with E-state index in [1.165, 1.54) is 17.5 Å². The summed E-state index contributed by atoms with van der Waals surface area (Å²) in [5.74, 6) is 0. The molecule has 114 valence electrons. The topological polar surface area (TPSA) is 53.5 Å². The summed E-state index contributed by atoms with van der Waals surface area (Å²) < 4.78 is 28.1. The number of thiophene rings is 1. The average molecular weight is 325 g/mol. The van der Waals surface area contributed by atoms with E-state index >= 15 is 0 Å². The Hall–Kier alpha value is -1.02. The summed E-state index contributed by atoms with van der Waals surface area (Å²) in [4.78, 5) is 6.73. The molecular weight excluding hydrogens is 306 g/mol. The molecule has 0 aromatic carbocycles. The van der Waals surface area contributed by atoms with Crippen molar-refractivity contribution < 1.29 is 8.42 Å². The molecule has 1 saturated heterocycles. The second kappa shape index (κ2) is 5.01. The molecule has 0 atom stereocenters. The summed E-state index contributed by atoms with van der Waals surface area (Å²) in [6, 6.07) is 3.63. The van der Waals surface area contributed by atoms with Gasteiger partial charge in [-0.3, -0.25) is 9.88 Å². The summed E-state index contributed by atoms with van der Waals surface area (Å²) in [5.41, 5.74) is 0.684. The number of fused-ring (bicyclic) bond motifs is 1. The molecule has 0 radical (unpaired) electrons. The van der Waals surface area contributed by atoms with Crippen molar-refractivity contribution in [3.63, 3.8) is 0 Å². The van der Waals surface area contributed by atoms with Crippen LogP contribution < -0.4 is 0 Å². The summed E-state index contributed by atoms with van der Waals surface area (Å²) in [5, 5.41) is 1.92. The lowest BCUT2D eigenvalue weighted by atomic mass is 10.0. The van der Waals surface area contributed by atoms with Gasteiger partial charge in [-0.2, -0.15) is 4.31 Å². The Morgan fingerprint density at radius 1 is 1.33 bits per heavy atom. The minimum absolute atomic E-state index is 0.161. The molecule has 3 rings (SSSR count). The van der Waals surface area contributed by atoms with Crippen molar-refractivity contribution in [2.75, 3.05) is 26.7 Å². The summed E-state index contributed by atoms with van der Waals surface area (Å²) in [7, 11) is -1.44. The van der Waals surface area contributed by atoms with Gasteiger partial charge in [-0.05, 0) is 38.4 Å². The van der Waals surface area contributed by atoms with Crippen LogP contribution in [0.5, 0.6) is 0 Å². The first-order valence-corrected chi connectivity index (χ1v) is 9.17. The molecule has 7 heteroatoms. The predicted octanol–water partition coefficient (Wildman–Crippen LogP) is 2.01. The quantitative estimate of drug-likeness (QED) is 0.847. The Morgan fingerprint density at radius 3 is 2.81 bits per heavy atom. The fourth-order valence-electron chi connectivity index (χ4n) is 2.52. The van der Waals surface area contributed by atoms with E-state index in [0.717, 1.165) is 16.8 Å². The van der Waals surface area contributed by atoms with E-state index in [9.17, 15) is 8.42 Å². The number of nitrogens with zero attached hydrogens (tertiary/aromatic N) is 3. The molecular formula is C14H19N3O2S2. The van der Waals surface area contributed by atoms with Crippen LogP contribution in [-0.4, -0.2) is 54.8 Å². The normalized spacial score (nSPS) is 20.9. The van der Waals surface area contributed by atoms with Gasteiger partial charge in [0.2, 0.25) is 10.0 Å². The van der Waals surface area contributed by atoms with Gasteiger partial charge in [0.1, 0.15) is 4.90 Å². The van der Waals surface area contributed by atoms with Gasteiger partial charge in [0, 0.05) is 31.4 Å². The monoisotopic (exact) mass is 325 g/mol. The van der Waals surface area contributed by atoms with Crippen LogP contribution in [-0.2, 0) is 10.0 Å². The Balaban J connectivity index is 1.96. The third kappa shape index (κ3) is 2.59. The molecule has 0 aliphatic carbocycles. The van der Waals surface area contributed by atoms with Gasteiger partial charge < -0.3 is 0 Å². The SMILES string of the molecule is CN1CCN(S(=O)(=O)c2cnc3ccsc3c2)CC1(C)C. The summed E-state index contributed by atoms with van der Waals surface area (Å²) >= 11 is 1.51. The van der Waals surface area contributed by atoms with Gasteiger partial charge in [-0.1, -0.05) is 0 Å². The van der Waals surface area contributed by atoms with Crippen molar-refractivity contribution in [2.45, 2.75) is 24.3 Å². The highest BCUT2D eigenvalue weighted by molar-refractivity contribution is 7.89. The third-order valence-corrected chi connectivity index (χ3v) is 6.86. The molecule has 1 aliphatic rings. The van der Waals surface area contributed by atoms with Crippen LogP contribution in [0.2, 0.25) is 0 Å². The van der Waals surface area contributed by atoms with Gasteiger partial charge in [0.05, 0.1) is 10.2 Å². The van der Waals surface area contributed by atoms with E-state index in [1.807, 2.05) is 18.5 Å². The molecule has 1 aliphatic heterocycles. The molecule has 0 N–H and O–H groups in total. The number of piperazine rings is 1. The van der Waals surface area contributed by atoms with Crippen LogP contribution in [0, 0.1) is 0 Å². The molecule has 0 spiro atoms. The van der Waals surface area contributed by atoms with Crippen molar-refractivity contribution in [1.82, 2.24) is 14.2 Å². The Morgan fingerprint density at radius 2 is 2.10 bits per heavy atom. The first-order valence-electron chi connectivity index (χ1n) is 6.85. The van der Waals surface area contributed by atoms with Gasteiger partial charge in [0.15, 0.2) is 0 Å². The van der Waals surface area contributed by atoms with Gasteiger partial charge in [0.25, 0.3) is 0 Å². The number of hydrogen-bond acceptors (Lipinski definition) is 5. The molecule has 0 saturated carbocycles. The number of likely N-dealkylation sites (N-methyl/N-ethyl adjacent to an activating group) is 1. The summed E-state index contributed by atoms with van der Waals surface area (Å²) in [6.45, 7) is 5.88. The van der Waals surface area contributed by atoms with Crippen LogP contribution >= 0.6 is 11.3 Å². The minimum atomic E-state index is -3.48. The van der Waals surface area contributed by atoms with Gasteiger partial charge in [-0.25, -0.2) is 8.42 Å². The van der Waals surface area contributed by atoms with E-state index in [0.29, 0.717) is 13.1 Å². The highest BCUT2D eigenvalue weighted by Gasteiger charge is 2.37. The van der Waals surface area contributed by atoms with Crippen LogP contribution in [0.4, 0.5) is 0 Å². The maximum atomic E-state index is 12.8. The highest BCUT2D eigenvalue weighted by Crippen LogP contribution is 2.27. The zero-order chi connectivity index (χ0) is 15.3. The summed E-state index contributed by atoms with van der Waals surface area (Å²) in [6.07, 6.45) is 1.47. The fourth-order valence-corrected chi connectivity index (χ4v) is 4.93. The lowest BCUT2D eigenvalue weighted by molar-refractivity contribution is 0.0801. The Kier molecular flexibility index (Phi) is 3.56. The molecule has 2 aromatic rings. The Bertz CT molecular complexity index is 767. The molecule has 0 amide bonds. The van der Waals surface area contributed by atoms with Crippen molar-refractivity contribution in [3.8, 4) is 0 Å². The highest BCUT2D eigenvalue weighted by atomic mass is 32.2. The predicted molar refractivity (Wildman–Crippen MR) is 85.1 cm³/mol. The standard InChI is InChI=1S/C14H19N3O2S2/c1-14(2)10-17(6-5-16(14)3)21(18,19)11-8-13-12(15-9-11)4-7-20-13/h4,7-9H,5-6,10H2,1-3H3. The van der Waals surface area contributed by atoms with Crippen molar-refractivity contribution in [2.24, 2.45) is 0 Å². The second-order valence-electron chi connectivity index (χ2n) is 6.05. The molecule has 0 unspecified atom stereocenters. The molecule has 1 fully saturated rings. The maximum absolute atomic E-state index is 12.8. The smallest absolute Gasteiger partial charge is 0.244 e. The third-order valence-electron chi connectivity index (χ3n) is 4.20. The van der Waals surface area contributed by atoms with Crippen LogP contribution in [0.25, 0.3) is 10.2 Å². The van der Waals surface area contributed by atoms with Crippen LogP contribution in [0.3, 0.4) is 0 Å². The largest absolute Gasteiger partial charge is 0.299 e. The number of rotatable bonds is 2. The minimum Gasteiger partial charge on any atom is -0.299 e. The van der Waals surface area contributed by atoms with Crippen LogP contribution in [0.15, 0.2) is 28.6 Å². The maximum Gasteiger partial charge on any atom is 0.244 e. The fraction of sp³-hybridized carbons (Fsp3) is 0.500. The van der Waals surface area contributed by atoms with E-state index in [-0.39, 0.29) is 10.4 Å². The zero-order valence-electron chi connectivity index (χ0n) is 12.4. The van der Waals surface area contributed by atoms with E-state index < -0.39 is 10.0 Å². The van der Waals surface area contributed by atoms with Gasteiger partial charge >= 0.3 is 0 Å². The van der Waals surface area contributed by atoms with E-state index in [1.54, 1.807) is 10.4 Å². The van der Waals surface area contributed by atoms with E-state index in [4.69, 9.17) is 0 Å². The Labute approximate surface area is 129 Å². The first-order chi connectivity index (χ1) is 9.80. The number of aromatic nitrogens is 1. The molecule has 3 heterocycles. The lowest BCUT2D eigenvalue weighted by Crippen LogP contribution is -2.58. The van der Waals surface area contributed by atoms with E-state index in [2.05, 4.69) is 23.7 Å². The lowest BCUT2D eigenvalue weighted by Gasteiger charge is -2.44. The molecule has 2 aromatic heterocycles. The molecule has 21 heavy (non-hydrogen) atoms. The molecule has 5 nitrogen and oxygen atoms in total. The van der Waals surface area contributed by atoms with Crippen LogP contribution in [0.1, 0.15) is 13.8 Å². The number of sulfonamides is 1. The van der Waals surface area contributed by atoms with Crippen molar-refractivity contribution >= 4 is 31.6 Å². The first kappa shape index (κ1) is 14.9. The van der Waals surface area contributed by atoms with Crippen molar-refractivity contribution in [1.29, 1.82) is 0 Å².